The summed E-state index contributed by atoms with van der Waals surface area (Å²) in [5.41, 5.74) is 2.10. The fraction of sp³-hybridized carbons (Fsp3) is 0.400. The quantitative estimate of drug-likeness (QED) is 0.916. The molecule has 1 unspecified atom stereocenters. The first-order chi connectivity index (χ1) is 9.79. The van der Waals surface area contributed by atoms with Crippen LogP contribution in [-0.2, 0) is 0 Å². The predicted octanol–water partition coefficient (Wildman–Crippen LogP) is 1.69. The van der Waals surface area contributed by atoms with Gasteiger partial charge in [-0.2, -0.15) is 5.26 Å². The Labute approximate surface area is 118 Å². The second kappa shape index (κ2) is 5.43. The van der Waals surface area contributed by atoms with Crippen LogP contribution in [0.3, 0.4) is 0 Å². The van der Waals surface area contributed by atoms with E-state index in [1.807, 2.05) is 31.3 Å². The number of nitrogens with zero attached hydrogens (tertiary/aromatic N) is 4. The van der Waals surface area contributed by atoms with Crippen molar-refractivity contribution in [3.05, 3.63) is 30.0 Å². The van der Waals surface area contributed by atoms with Crippen LogP contribution in [0.5, 0.6) is 0 Å². The zero-order valence-corrected chi connectivity index (χ0v) is 11.5. The van der Waals surface area contributed by atoms with E-state index < -0.39 is 0 Å². The predicted molar refractivity (Wildman–Crippen MR) is 78.5 cm³/mol. The van der Waals surface area contributed by atoms with Crippen LogP contribution >= 0.6 is 0 Å². The average molecular weight is 267 g/mol. The summed E-state index contributed by atoms with van der Waals surface area (Å²) in [6.07, 6.45) is 2.40. The monoisotopic (exact) mass is 267 g/mol. The highest BCUT2D eigenvalue weighted by atomic mass is 15.2. The summed E-state index contributed by atoms with van der Waals surface area (Å²) in [5, 5.41) is 21.9. The minimum Gasteiger partial charge on any atom is -0.370 e. The smallest absolute Gasteiger partial charge is 0.186 e. The van der Waals surface area contributed by atoms with E-state index >= 15 is 0 Å². The third kappa shape index (κ3) is 2.30. The van der Waals surface area contributed by atoms with E-state index in [4.69, 9.17) is 0 Å². The minimum atomic E-state index is 0.393. The Balaban J connectivity index is 2.01. The van der Waals surface area contributed by atoms with Crippen molar-refractivity contribution in [1.82, 2.24) is 15.5 Å². The lowest BCUT2D eigenvalue weighted by molar-refractivity contribution is 0.599. The second-order valence-corrected chi connectivity index (χ2v) is 5.20. The molecule has 1 atom stereocenters. The van der Waals surface area contributed by atoms with E-state index in [-0.39, 0.29) is 0 Å². The van der Waals surface area contributed by atoms with Gasteiger partial charge in [0.15, 0.2) is 5.69 Å². The lowest BCUT2D eigenvalue weighted by Crippen LogP contribution is -2.35. The first-order valence-corrected chi connectivity index (χ1v) is 6.89. The molecule has 1 aliphatic heterocycles. The third-order valence-electron chi connectivity index (χ3n) is 3.79. The van der Waals surface area contributed by atoms with E-state index in [2.05, 4.69) is 26.5 Å². The molecule has 2 aromatic rings. The van der Waals surface area contributed by atoms with Gasteiger partial charge in [-0.15, -0.1) is 10.2 Å². The Morgan fingerprint density at radius 1 is 1.40 bits per heavy atom. The van der Waals surface area contributed by atoms with Crippen LogP contribution in [0.25, 0.3) is 10.9 Å². The van der Waals surface area contributed by atoms with Crippen molar-refractivity contribution in [3.8, 4) is 6.07 Å². The van der Waals surface area contributed by atoms with Crippen LogP contribution < -0.4 is 10.2 Å². The maximum absolute atomic E-state index is 9.29. The summed E-state index contributed by atoms with van der Waals surface area (Å²) in [4.78, 5) is 2.12. The van der Waals surface area contributed by atoms with Crippen molar-refractivity contribution < 1.29 is 0 Å². The van der Waals surface area contributed by atoms with Crippen molar-refractivity contribution in [2.24, 2.45) is 0 Å². The molecule has 1 aromatic heterocycles. The van der Waals surface area contributed by atoms with Crippen molar-refractivity contribution >= 4 is 16.6 Å². The Morgan fingerprint density at radius 2 is 2.25 bits per heavy atom. The van der Waals surface area contributed by atoms with Crippen LogP contribution in [0, 0.1) is 11.3 Å². The van der Waals surface area contributed by atoms with Gasteiger partial charge in [-0.1, -0.05) is 18.2 Å². The number of anilines is 1. The highest BCUT2D eigenvalue weighted by molar-refractivity contribution is 5.93. The zero-order chi connectivity index (χ0) is 13.9. The van der Waals surface area contributed by atoms with Gasteiger partial charge in [0.05, 0.1) is 11.2 Å². The Morgan fingerprint density at radius 3 is 3.00 bits per heavy atom. The van der Waals surface area contributed by atoms with Gasteiger partial charge in [-0.05, 0) is 25.5 Å². The SMILES string of the molecule is CN(CC1CCCN1)c1c(C#N)nnc2ccccc12. The number of nitriles is 1. The maximum atomic E-state index is 9.29. The van der Waals surface area contributed by atoms with Crippen molar-refractivity contribution in [2.45, 2.75) is 18.9 Å². The molecule has 1 aliphatic rings. The summed E-state index contributed by atoms with van der Waals surface area (Å²) < 4.78 is 0. The molecule has 1 N–H and O–H groups in total. The largest absolute Gasteiger partial charge is 0.370 e. The van der Waals surface area contributed by atoms with Gasteiger partial charge in [-0.25, -0.2) is 0 Å². The van der Waals surface area contributed by atoms with Gasteiger partial charge in [0.1, 0.15) is 6.07 Å². The molecule has 0 aliphatic carbocycles. The van der Waals surface area contributed by atoms with Crippen LogP contribution in [0.4, 0.5) is 5.69 Å². The number of benzene rings is 1. The highest BCUT2D eigenvalue weighted by Crippen LogP contribution is 2.27. The molecule has 20 heavy (non-hydrogen) atoms. The van der Waals surface area contributed by atoms with Crippen LogP contribution in [0.15, 0.2) is 24.3 Å². The molecule has 2 heterocycles. The summed E-state index contributed by atoms with van der Waals surface area (Å²) >= 11 is 0. The molecule has 1 saturated heterocycles. The van der Waals surface area contributed by atoms with Crippen LogP contribution in [-0.4, -0.2) is 36.4 Å². The number of hydrogen-bond acceptors (Lipinski definition) is 5. The number of fused-ring (bicyclic) bond motifs is 1. The number of aromatic nitrogens is 2. The molecule has 102 valence electrons. The van der Waals surface area contributed by atoms with E-state index in [1.165, 1.54) is 12.8 Å². The summed E-state index contributed by atoms with van der Waals surface area (Å²) in [7, 11) is 2.02. The zero-order valence-electron chi connectivity index (χ0n) is 11.5. The minimum absolute atomic E-state index is 0.393. The van der Waals surface area contributed by atoms with Gasteiger partial charge >= 0.3 is 0 Å². The normalized spacial score (nSPS) is 18.1. The molecular weight excluding hydrogens is 250 g/mol. The number of rotatable bonds is 3. The summed E-state index contributed by atoms with van der Waals surface area (Å²) in [6.45, 7) is 1.96. The van der Waals surface area contributed by atoms with E-state index in [0.717, 1.165) is 29.7 Å². The number of nitrogens with one attached hydrogen (secondary N) is 1. The van der Waals surface area contributed by atoms with E-state index in [9.17, 15) is 5.26 Å². The van der Waals surface area contributed by atoms with Gasteiger partial charge < -0.3 is 10.2 Å². The number of likely N-dealkylation sites (N-methyl/N-ethyl adjacent to an activating group) is 1. The average Bonchev–Trinajstić information content (AvgIpc) is 2.98. The fourth-order valence-electron chi connectivity index (χ4n) is 2.84. The Hall–Kier alpha value is -2.19. The van der Waals surface area contributed by atoms with Gasteiger partial charge in [-0.3, -0.25) is 0 Å². The first kappa shape index (κ1) is 12.8. The van der Waals surface area contributed by atoms with E-state index in [1.54, 1.807) is 0 Å². The summed E-state index contributed by atoms with van der Waals surface area (Å²) in [5.74, 6) is 0. The van der Waals surface area contributed by atoms with Crippen molar-refractivity contribution in [3.63, 3.8) is 0 Å². The molecule has 0 radical (unpaired) electrons. The van der Waals surface area contributed by atoms with Gasteiger partial charge in [0.2, 0.25) is 0 Å². The van der Waals surface area contributed by atoms with Gasteiger partial charge in [0, 0.05) is 25.0 Å². The third-order valence-corrected chi connectivity index (χ3v) is 3.79. The Kier molecular flexibility index (Phi) is 3.48. The molecule has 0 saturated carbocycles. The molecular formula is C15H17N5. The van der Waals surface area contributed by atoms with E-state index in [0.29, 0.717) is 11.7 Å². The molecule has 3 rings (SSSR count). The number of hydrogen-bond donors (Lipinski definition) is 1. The summed E-state index contributed by atoms with van der Waals surface area (Å²) in [6, 6.07) is 10.5. The molecule has 1 fully saturated rings. The molecule has 1 aromatic carbocycles. The molecule has 5 nitrogen and oxygen atoms in total. The highest BCUT2D eigenvalue weighted by Gasteiger charge is 2.20. The molecule has 0 amide bonds. The van der Waals surface area contributed by atoms with Crippen molar-refractivity contribution in [1.29, 1.82) is 5.26 Å². The Bertz CT molecular complexity index is 655. The maximum Gasteiger partial charge on any atom is 0.186 e. The molecule has 0 bridgehead atoms. The van der Waals surface area contributed by atoms with Gasteiger partial charge in [0.25, 0.3) is 0 Å². The lowest BCUT2D eigenvalue weighted by Gasteiger charge is -2.24. The molecule has 0 spiro atoms. The fourth-order valence-corrected chi connectivity index (χ4v) is 2.84. The van der Waals surface area contributed by atoms with Crippen LogP contribution in [0.1, 0.15) is 18.5 Å². The van der Waals surface area contributed by atoms with Crippen molar-refractivity contribution in [2.75, 3.05) is 25.0 Å². The molecule has 5 heteroatoms. The second-order valence-electron chi connectivity index (χ2n) is 5.20. The first-order valence-electron chi connectivity index (χ1n) is 6.89. The standard InChI is InChI=1S/C15H17N5/c1-20(10-11-5-4-8-17-11)15-12-6-2-3-7-13(12)18-19-14(15)9-16/h2-3,6-7,11,17H,4-5,8,10H2,1H3. The van der Waals surface area contributed by atoms with Crippen LogP contribution in [0.2, 0.25) is 0 Å². The topological polar surface area (TPSA) is 64.8 Å². The lowest BCUT2D eigenvalue weighted by atomic mass is 10.1.